The number of aryl methyl sites for hydroxylation is 2. The van der Waals surface area contributed by atoms with E-state index in [4.69, 9.17) is 0 Å². The summed E-state index contributed by atoms with van der Waals surface area (Å²) in [4.78, 5) is 14.9. The average Bonchev–Trinajstić information content (AvgIpc) is 3.11. The summed E-state index contributed by atoms with van der Waals surface area (Å²) in [6.45, 7) is 7.08. The Balaban J connectivity index is 1.63. The van der Waals surface area contributed by atoms with Crippen molar-refractivity contribution in [2.75, 3.05) is 19.6 Å². The molecule has 3 nitrogen and oxygen atoms in total. The van der Waals surface area contributed by atoms with E-state index in [9.17, 15) is 4.79 Å². The maximum absolute atomic E-state index is 12.4. The van der Waals surface area contributed by atoms with Crippen LogP contribution in [-0.2, 0) is 11.2 Å². The van der Waals surface area contributed by atoms with Crippen LogP contribution < -0.4 is 5.32 Å². The number of hydrogen-bond donors (Lipinski definition) is 1. The average molecular weight is 336 g/mol. The molecule has 0 radical (unpaired) electrons. The Morgan fingerprint density at radius 3 is 2.44 bits per heavy atom. The van der Waals surface area contributed by atoms with Crippen molar-refractivity contribution in [1.82, 2.24) is 10.2 Å². The minimum Gasteiger partial charge on any atom is -0.354 e. The van der Waals surface area contributed by atoms with Crippen LogP contribution in [0.3, 0.4) is 0 Å². The number of carbonyl (C=O) groups excluding carboxylic acids is 1. The van der Waals surface area contributed by atoms with Gasteiger partial charge in [-0.05, 0) is 50.9 Å². The van der Waals surface area contributed by atoms with Gasteiger partial charge in [-0.15, -0.1) is 0 Å². The van der Waals surface area contributed by atoms with Crippen molar-refractivity contribution in [3.8, 4) is 0 Å². The zero-order valence-corrected chi connectivity index (χ0v) is 15.3. The number of benzene rings is 2. The Hall–Kier alpha value is -2.13. The molecule has 0 spiro atoms. The van der Waals surface area contributed by atoms with E-state index in [1.807, 2.05) is 12.1 Å². The van der Waals surface area contributed by atoms with Gasteiger partial charge in [0.1, 0.15) is 0 Å². The van der Waals surface area contributed by atoms with Crippen LogP contribution in [0.5, 0.6) is 0 Å². The summed E-state index contributed by atoms with van der Waals surface area (Å²) >= 11 is 0. The first-order valence-electron chi connectivity index (χ1n) is 9.25. The SMILES string of the molecule is Cc1ccc(C(CNC(=O)Cc2cccc(C)c2)N2CCCC2)cc1. The Morgan fingerprint density at radius 1 is 1.04 bits per heavy atom. The topological polar surface area (TPSA) is 32.3 Å². The number of likely N-dealkylation sites (tertiary alicyclic amines) is 1. The van der Waals surface area contributed by atoms with Crippen LogP contribution in [-0.4, -0.2) is 30.4 Å². The molecule has 1 aliphatic rings. The van der Waals surface area contributed by atoms with Crippen molar-refractivity contribution in [1.29, 1.82) is 0 Å². The highest BCUT2D eigenvalue weighted by atomic mass is 16.1. The Labute approximate surface area is 151 Å². The van der Waals surface area contributed by atoms with Crippen molar-refractivity contribution >= 4 is 5.91 Å². The van der Waals surface area contributed by atoms with Gasteiger partial charge in [-0.1, -0.05) is 59.7 Å². The van der Waals surface area contributed by atoms with Crippen LogP contribution >= 0.6 is 0 Å². The summed E-state index contributed by atoms with van der Waals surface area (Å²) < 4.78 is 0. The van der Waals surface area contributed by atoms with Gasteiger partial charge in [0.15, 0.2) is 0 Å². The third-order valence-electron chi connectivity index (χ3n) is 4.98. The van der Waals surface area contributed by atoms with E-state index in [0.717, 1.165) is 18.7 Å². The van der Waals surface area contributed by atoms with Gasteiger partial charge in [0.2, 0.25) is 5.91 Å². The van der Waals surface area contributed by atoms with Crippen molar-refractivity contribution in [3.63, 3.8) is 0 Å². The second-order valence-electron chi connectivity index (χ2n) is 7.14. The molecule has 1 amide bonds. The van der Waals surface area contributed by atoms with Gasteiger partial charge in [0.05, 0.1) is 12.5 Å². The molecule has 1 unspecified atom stereocenters. The first-order valence-corrected chi connectivity index (χ1v) is 9.25. The maximum atomic E-state index is 12.4. The molecule has 0 aliphatic carbocycles. The lowest BCUT2D eigenvalue weighted by atomic mass is 10.0. The Kier molecular flexibility index (Phi) is 5.87. The normalized spacial score (nSPS) is 15.9. The zero-order valence-electron chi connectivity index (χ0n) is 15.3. The second kappa shape index (κ2) is 8.30. The predicted octanol–water partition coefficient (Wildman–Crippen LogP) is 3.80. The van der Waals surface area contributed by atoms with E-state index in [-0.39, 0.29) is 11.9 Å². The lowest BCUT2D eigenvalue weighted by Gasteiger charge is -2.28. The van der Waals surface area contributed by atoms with Crippen LogP contribution in [0.1, 0.15) is 41.1 Å². The van der Waals surface area contributed by atoms with E-state index < -0.39 is 0 Å². The molecule has 3 heteroatoms. The fourth-order valence-electron chi connectivity index (χ4n) is 3.58. The number of nitrogens with zero attached hydrogens (tertiary/aromatic N) is 1. The predicted molar refractivity (Wildman–Crippen MR) is 103 cm³/mol. The van der Waals surface area contributed by atoms with E-state index in [1.54, 1.807) is 0 Å². The van der Waals surface area contributed by atoms with Crippen LogP contribution in [0.4, 0.5) is 0 Å². The Morgan fingerprint density at radius 2 is 1.76 bits per heavy atom. The van der Waals surface area contributed by atoms with Gasteiger partial charge in [-0.25, -0.2) is 0 Å². The van der Waals surface area contributed by atoms with E-state index in [1.165, 1.54) is 29.5 Å². The van der Waals surface area contributed by atoms with Crippen LogP contribution in [0.25, 0.3) is 0 Å². The molecule has 1 saturated heterocycles. The molecule has 0 saturated carbocycles. The molecule has 1 heterocycles. The molecule has 2 aromatic rings. The molecule has 0 bridgehead atoms. The van der Waals surface area contributed by atoms with E-state index in [2.05, 4.69) is 60.5 Å². The summed E-state index contributed by atoms with van der Waals surface area (Å²) in [7, 11) is 0. The summed E-state index contributed by atoms with van der Waals surface area (Å²) in [6, 6.07) is 17.2. The van der Waals surface area contributed by atoms with Crippen molar-refractivity contribution < 1.29 is 4.79 Å². The summed E-state index contributed by atoms with van der Waals surface area (Å²) in [5, 5.41) is 3.16. The van der Waals surface area contributed by atoms with Crippen molar-refractivity contribution in [2.24, 2.45) is 0 Å². The molecule has 1 atom stereocenters. The molecule has 3 rings (SSSR count). The lowest BCUT2D eigenvalue weighted by molar-refractivity contribution is -0.120. The van der Waals surface area contributed by atoms with Gasteiger partial charge in [-0.3, -0.25) is 9.69 Å². The third-order valence-corrected chi connectivity index (χ3v) is 4.98. The van der Waals surface area contributed by atoms with Crippen LogP contribution in [0.2, 0.25) is 0 Å². The summed E-state index contributed by atoms with van der Waals surface area (Å²) in [6.07, 6.45) is 2.95. The summed E-state index contributed by atoms with van der Waals surface area (Å²) in [5.74, 6) is 0.0990. The molecule has 0 aromatic heterocycles. The molecule has 1 N–H and O–H groups in total. The molecular weight excluding hydrogens is 308 g/mol. The molecule has 132 valence electrons. The van der Waals surface area contributed by atoms with Gasteiger partial charge in [0, 0.05) is 6.54 Å². The van der Waals surface area contributed by atoms with E-state index in [0.29, 0.717) is 13.0 Å². The molecule has 1 aliphatic heterocycles. The Bertz CT molecular complexity index is 702. The maximum Gasteiger partial charge on any atom is 0.224 e. The van der Waals surface area contributed by atoms with Crippen molar-refractivity contribution in [2.45, 2.75) is 39.2 Å². The minimum atomic E-state index is 0.0990. The van der Waals surface area contributed by atoms with Crippen LogP contribution in [0.15, 0.2) is 48.5 Å². The molecule has 2 aromatic carbocycles. The first-order chi connectivity index (χ1) is 12.1. The van der Waals surface area contributed by atoms with Gasteiger partial charge < -0.3 is 5.32 Å². The third kappa shape index (κ3) is 4.93. The number of amides is 1. The standard InChI is InChI=1S/C22H28N2O/c1-17-8-10-20(11-9-17)21(24-12-3-4-13-24)16-23-22(25)15-19-7-5-6-18(2)14-19/h5-11,14,21H,3-4,12-13,15-16H2,1-2H3,(H,23,25). The molecule has 25 heavy (non-hydrogen) atoms. The highest BCUT2D eigenvalue weighted by Crippen LogP contribution is 2.25. The summed E-state index contributed by atoms with van der Waals surface area (Å²) in [5.41, 5.74) is 4.83. The quantitative estimate of drug-likeness (QED) is 0.870. The van der Waals surface area contributed by atoms with Gasteiger partial charge in [-0.2, -0.15) is 0 Å². The van der Waals surface area contributed by atoms with Crippen molar-refractivity contribution in [3.05, 3.63) is 70.8 Å². The van der Waals surface area contributed by atoms with Crippen LogP contribution in [0, 0.1) is 13.8 Å². The number of carbonyl (C=O) groups is 1. The number of nitrogens with one attached hydrogen (secondary N) is 1. The number of rotatable bonds is 6. The molecule has 1 fully saturated rings. The highest BCUT2D eigenvalue weighted by molar-refractivity contribution is 5.78. The molecular formula is C22H28N2O. The monoisotopic (exact) mass is 336 g/mol. The highest BCUT2D eigenvalue weighted by Gasteiger charge is 2.23. The smallest absolute Gasteiger partial charge is 0.224 e. The number of hydrogen-bond acceptors (Lipinski definition) is 2. The fraction of sp³-hybridized carbons (Fsp3) is 0.409. The zero-order chi connectivity index (χ0) is 17.6. The first kappa shape index (κ1) is 17.7. The van der Waals surface area contributed by atoms with E-state index >= 15 is 0 Å². The van der Waals surface area contributed by atoms with Gasteiger partial charge in [0.25, 0.3) is 0 Å². The van der Waals surface area contributed by atoms with Gasteiger partial charge >= 0.3 is 0 Å². The largest absolute Gasteiger partial charge is 0.354 e. The second-order valence-corrected chi connectivity index (χ2v) is 7.14. The fourth-order valence-corrected chi connectivity index (χ4v) is 3.58. The minimum absolute atomic E-state index is 0.0990. The lowest BCUT2D eigenvalue weighted by Crippen LogP contribution is -2.37.